The lowest BCUT2D eigenvalue weighted by molar-refractivity contribution is -0.121. The molecule has 0 unspecified atom stereocenters. The fourth-order valence-corrected chi connectivity index (χ4v) is 3.74. The minimum atomic E-state index is -0.427. The topological polar surface area (TPSA) is 57.8 Å². The molecule has 0 atom stereocenters. The van der Waals surface area contributed by atoms with Crippen molar-refractivity contribution in [1.29, 1.82) is 0 Å². The Morgan fingerprint density at radius 2 is 1.76 bits per heavy atom. The Labute approximate surface area is 147 Å². The van der Waals surface area contributed by atoms with E-state index in [1.54, 1.807) is 0 Å². The maximum Gasteiger partial charge on any atom is 0.235 e. The molecule has 25 heavy (non-hydrogen) atoms. The monoisotopic (exact) mass is 331 g/mol. The minimum absolute atomic E-state index is 0.108. The number of nitrogens with zero attached hydrogens (tertiary/aromatic N) is 1. The number of benzene rings is 2. The van der Waals surface area contributed by atoms with Crippen molar-refractivity contribution < 1.29 is 4.79 Å². The summed E-state index contributed by atoms with van der Waals surface area (Å²) in [5, 5.41) is 3.03. The van der Waals surface area contributed by atoms with Crippen LogP contribution in [0.3, 0.4) is 0 Å². The third kappa shape index (κ3) is 2.37. The zero-order valence-corrected chi connectivity index (χ0v) is 14.5. The Hall–Kier alpha value is -2.88. The second kappa shape index (κ2) is 5.88. The Bertz CT molecular complexity index is 923. The first-order chi connectivity index (χ1) is 12.2. The predicted octanol–water partition coefficient (Wildman–Crippen LogP) is 4.75. The number of aromatic nitrogens is 2. The second-order valence-electron chi connectivity index (χ2n) is 6.50. The standard InChI is InChI=1S/C21H21N3O/c1-3-21(4-2)16-12-15(10-11-17(16)24-20(21)25)18-13-22-19(23-18)14-8-6-5-7-9-14/h5-13H,3-4H2,1-2H3,(H,22,23)(H,24,25). The maximum absolute atomic E-state index is 12.5. The number of carbonyl (C=O) groups excluding carboxylic acids is 1. The highest BCUT2D eigenvalue weighted by Gasteiger charge is 2.43. The molecule has 0 saturated carbocycles. The van der Waals surface area contributed by atoms with Crippen LogP contribution >= 0.6 is 0 Å². The molecular formula is C21H21N3O. The third-order valence-electron chi connectivity index (χ3n) is 5.35. The van der Waals surface area contributed by atoms with Gasteiger partial charge in [0, 0.05) is 23.0 Å². The van der Waals surface area contributed by atoms with E-state index in [0.29, 0.717) is 0 Å². The molecule has 1 amide bonds. The lowest BCUT2D eigenvalue weighted by Crippen LogP contribution is -2.32. The van der Waals surface area contributed by atoms with E-state index in [1.165, 1.54) is 0 Å². The van der Waals surface area contributed by atoms with Crippen molar-refractivity contribution in [3.63, 3.8) is 0 Å². The van der Waals surface area contributed by atoms with Crippen molar-refractivity contribution in [2.45, 2.75) is 32.1 Å². The summed E-state index contributed by atoms with van der Waals surface area (Å²) in [7, 11) is 0. The third-order valence-corrected chi connectivity index (χ3v) is 5.35. The van der Waals surface area contributed by atoms with Gasteiger partial charge in [-0.1, -0.05) is 50.2 Å². The molecule has 0 radical (unpaired) electrons. The van der Waals surface area contributed by atoms with E-state index in [1.807, 2.05) is 48.7 Å². The van der Waals surface area contributed by atoms with E-state index < -0.39 is 5.41 Å². The summed E-state index contributed by atoms with van der Waals surface area (Å²) in [6.07, 6.45) is 3.51. The summed E-state index contributed by atoms with van der Waals surface area (Å²) in [4.78, 5) is 20.5. The molecule has 0 spiro atoms. The van der Waals surface area contributed by atoms with Crippen molar-refractivity contribution in [1.82, 2.24) is 9.97 Å². The van der Waals surface area contributed by atoms with Crippen molar-refractivity contribution in [3.8, 4) is 22.6 Å². The highest BCUT2D eigenvalue weighted by molar-refractivity contribution is 6.06. The molecule has 2 N–H and O–H groups in total. The van der Waals surface area contributed by atoms with Crippen LogP contribution in [0.15, 0.2) is 54.7 Å². The van der Waals surface area contributed by atoms with E-state index in [2.05, 4.69) is 30.2 Å². The molecular weight excluding hydrogens is 310 g/mol. The van der Waals surface area contributed by atoms with Crippen molar-refractivity contribution in [2.75, 3.05) is 5.32 Å². The molecule has 126 valence electrons. The lowest BCUT2D eigenvalue weighted by Gasteiger charge is -2.24. The average Bonchev–Trinajstić information content (AvgIpc) is 3.24. The summed E-state index contributed by atoms with van der Waals surface area (Å²) in [6.45, 7) is 4.15. The molecule has 4 nitrogen and oxygen atoms in total. The summed E-state index contributed by atoms with van der Waals surface area (Å²) in [6, 6.07) is 16.2. The first kappa shape index (κ1) is 15.6. The summed E-state index contributed by atoms with van der Waals surface area (Å²) >= 11 is 0. The van der Waals surface area contributed by atoms with Gasteiger partial charge in [0.05, 0.1) is 11.1 Å². The zero-order valence-electron chi connectivity index (χ0n) is 14.5. The van der Waals surface area contributed by atoms with Crippen molar-refractivity contribution >= 4 is 11.6 Å². The molecule has 0 aliphatic carbocycles. The number of rotatable bonds is 4. The number of hydrogen-bond acceptors (Lipinski definition) is 2. The van der Waals surface area contributed by atoms with E-state index in [9.17, 15) is 4.79 Å². The fourth-order valence-electron chi connectivity index (χ4n) is 3.74. The Balaban J connectivity index is 1.76. The molecule has 3 aromatic rings. The van der Waals surface area contributed by atoms with Crippen molar-refractivity contribution in [3.05, 3.63) is 60.3 Å². The summed E-state index contributed by atoms with van der Waals surface area (Å²) < 4.78 is 0. The van der Waals surface area contributed by atoms with Crippen LogP contribution in [0.2, 0.25) is 0 Å². The van der Waals surface area contributed by atoms with Gasteiger partial charge in [-0.2, -0.15) is 0 Å². The molecule has 1 aromatic heterocycles. The first-order valence-corrected chi connectivity index (χ1v) is 8.75. The molecule has 4 heteroatoms. The van der Waals surface area contributed by atoms with Gasteiger partial charge in [0.1, 0.15) is 5.82 Å². The van der Waals surface area contributed by atoms with Crippen LogP contribution in [0, 0.1) is 0 Å². The highest BCUT2D eigenvalue weighted by atomic mass is 16.2. The van der Waals surface area contributed by atoms with E-state index in [4.69, 9.17) is 4.98 Å². The van der Waals surface area contributed by atoms with Gasteiger partial charge in [0.25, 0.3) is 0 Å². The van der Waals surface area contributed by atoms with E-state index >= 15 is 0 Å². The predicted molar refractivity (Wildman–Crippen MR) is 100 cm³/mol. The van der Waals surface area contributed by atoms with Gasteiger partial charge in [-0.05, 0) is 30.5 Å². The van der Waals surface area contributed by atoms with E-state index in [-0.39, 0.29) is 5.91 Å². The molecule has 0 fully saturated rings. The minimum Gasteiger partial charge on any atom is -0.344 e. The number of carbonyl (C=O) groups is 1. The Morgan fingerprint density at radius 1 is 1.00 bits per heavy atom. The Kier molecular flexibility index (Phi) is 3.68. The van der Waals surface area contributed by atoms with Crippen LogP contribution < -0.4 is 5.32 Å². The number of hydrogen-bond donors (Lipinski definition) is 2. The normalized spacial score (nSPS) is 15.0. The quantitative estimate of drug-likeness (QED) is 0.724. The average molecular weight is 331 g/mol. The number of H-pyrrole nitrogens is 1. The number of fused-ring (bicyclic) bond motifs is 1. The number of anilines is 1. The second-order valence-corrected chi connectivity index (χ2v) is 6.50. The van der Waals surface area contributed by atoms with Crippen LogP contribution in [0.1, 0.15) is 32.3 Å². The van der Waals surface area contributed by atoms with Gasteiger partial charge in [-0.3, -0.25) is 4.79 Å². The molecule has 0 saturated heterocycles. The largest absolute Gasteiger partial charge is 0.344 e. The van der Waals surface area contributed by atoms with Gasteiger partial charge in [-0.15, -0.1) is 0 Å². The van der Waals surface area contributed by atoms with E-state index in [0.717, 1.165) is 46.7 Å². The van der Waals surface area contributed by atoms with Crippen LogP contribution in [-0.4, -0.2) is 15.9 Å². The maximum atomic E-state index is 12.5. The van der Waals surface area contributed by atoms with Gasteiger partial charge >= 0.3 is 0 Å². The Morgan fingerprint density at radius 3 is 2.48 bits per heavy atom. The highest BCUT2D eigenvalue weighted by Crippen LogP contribution is 2.44. The summed E-state index contributed by atoms with van der Waals surface area (Å²) in [5.41, 5.74) is 4.56. The molecule has 2 aromatic carbocycles. The van der Waals surface area contributed by atoms with Gasteiger partial charge < -0.3 is 10.3 Å². The van der Waals surface area contributed by atoms with Gasteiger partial charge in [-0.25, -0.2) is 4.98 Å². The molecule has 0 bridgehead atoms. The number of amides is 1. The fraction of sp³-hybridized carbons (Fsp3) is 0.238. The van der Waals surface area contributed by atoms with Crippen LogP contribution in [0.25, 0.3) is 22.6 Å². The first-order valence-electron chi connectivity index (χ1n) is 8.75. The molecule has 1 aliphatic heterocycles. The van der Waals surface area contributed by atoms with Crippen molar-refractivity contribution in [2.24, 2.45) is 0 Å². The van der Waals surface area contributed by atoms with Crippen LogP contribution in [-0.2, 0) is 10.2 Å². The van der Waals surface area contributed by atoms with Gasteiger partial charge in [0.15, 0.2) is 0 Å². The van der Waals surface area contributed by atoms with Crippen LogP contribution in [0.4, 0.5) is 5.69 Å². The zero-order chi connectivity index (χ0) is 17.4. The summed E-state index contributed by atoms with van der Waals surface area (Å²) in [5.74, 6) is 0.958. The van der Waals surface area contributed by atoms with Crippen LogP contribution in [0.5, 0.6) is 0 Å². The number of nitrogens with one attached hydrogen (secondary N) is 2. The lowest BCUT2D eigenvalue weighted by atomic mass is 9.76. The molecule has 4 rings (SSSR count). The number of imidazole rings is 1. The molecule has 1 aliphatic rings. The smallest absolute Gasteiger partial charge is 0.235 e. The van der Waals surface area contributed by atoms with Gasteiger partial charge in [0.2, 0.25) is 5.91 Å². The SMILES string of the molecule is CCC1(CC)C(=O)Nc2ccc(-c3c[nH]c(-c4ccccc4)n3)cc21. The number of aromatic amines is 1. The molecule has 2 heterocycles.